The first-order valence-electron chi connectivity index (χ1n) is 12.7. The molecular formula is C29H27ClF4N2O4S. The number of halogens is 5. The number of rotatable bonds is 10. The van der Waals surface area contributed by atoms with Crippen LogP contribution in [-0.4, -0.2) is 43.0 Å². The lowest BCUT2D eigenvalue weighted by molar-refractivity contribution is -0.138. The van der Waals surface area contributed by atoms with E-state index in [-0.39, 0.29) is 39.8 Å². The molecule has 4 aromatic rings. The van der Waals surface area contributed by atoms with E-state index in [0.717, 1.165) is 6.07 Å². The van der Waals surface area contributed by atoms with Crippen LogP contribution >= 0.6 is 11.6 Å². The molecule has 1 heterocycles. The molecule has 0 spiro atoms. The fourth-order valence-corrected chi connectivity index (χ4v) is 5.73. The molecule has 0 fully saturated rings. The van der Waals surface area contributed by atoms with Crippen LogP contribution in [0.2, 0.25) is 5.02 Å². The fourth-order valence-electron chi connectivity index (χ4n) is 4.68. The van der Waals surface area contributed by atoms with Gasteiger partial charge in [-0.05, 0) is 59.7 Å². The van der Waals surface area contributed by atoms with Crippen LogP contribution in [0.15, 0.2) is 71.6 Å². The van der Waals surface area contributed by atoms with Crippen molar-refractivity contribution in [3.63, 3.8) is 0 Å². The summed E-state index contributed by atoms with van der Waals surface area (Å²) in [5.41, 5.74) is 0.787. The number of aromatic nitrogens is 1. The van der Waals surface area contributed by atoms with Gasteiger partial charge in [-0.25, -0.2) is 12.8 Å². The van der Waals surface area contributed by atoms with Gasteiger partial charge in [0.15, 0.2) is 9.84 Å². The van der Waals surface area contributed by atoms with Gasteiger partial charge in [0.1, 0.15) is 6.67 Å². The number of aliphatic hydroxyl groups is 1. The van der Waals surface area contributed by atoms with Gasteiger partial charge in [0.05, 0.1) is 35.4 Å². The molecule has 0 saturated carbocycles. The van der Waals surface area contributed by atoms with E-state index >= 15 is 0 Å². The standard InChI is InChI=1S/C29H27ClF4N2O4S/c1-2-41(39,40)24-8-4-18(5-9-24)26(17-37)35-28(38)20-6-10-27-21(13-20)15-23(36(27)12-11-31)14-19-3-7-22(30)16-25(19)29(32,33)34/h3-10,13,15-16,26,37H,2,11-12,14,17H2,1H3,(H,35,38)/t26-/m1/s1. The minimum Gasteiger partial charge on any atom is -0.394 e. The van der Waals surface area contributed by atoms with E-state index in [1.807, 2.05) is 0 Å². The number of alkyl halides is 4. The third kappa shape index (κ3) is 6.74. The molecule has 0 radical (unpaired) electrons. The van der Waals surface area contributed by atoms with Crippen molar-refractivity contribution < 1.29 is 35.9 Å². The highest BCUT2D eigenvalue weighted by Gasteiger charge is 2.33. The predicted molar refractivity (Wildman–Crippen MR) is 149 cm³/mol. The maximum absolute atomic E-state index is 13.7. The number of nitrogens with one attached hydrogen (secondary N) is 1. The van der Waals surface area contributed by atoms with Crippen molar-refractivity contribution >= 4 is 38.2 Å². The number of nitrogens with zero attached hydrogens (tertiary/aromatic N) is 1. The van der Waals surface area contributed by atoms with Gasteiger partial charge in [-0.2, -0.15) is 13.2 Å². The van der Waals surface area contributed by atoms with Gasteiger partial charge in [0.2, 0.25) is 0 Å². The largest absolute Gasteiger partial charge is 0.416 e. The van der Waals surface area contributed by atoms with Gasteiger partial charge < -0.3 is 15.0 Å². The van der Waals surface area contributed by atoms with Crippen LogP contribution in [0.25, 0.3) is 10.9 Å². The van der Waals surface area contributed by atoms with Gasteiger partial charge in [-0.3, -0.25) is 4.79 Å². The Hall–Kier alpha value is -3.41. The number of sulfone groups is 1. The molecule has 0 aliphatic heterocycles. The Balaban J connectivity index is 1.62. The molecule has 12 heteroatoms. The lowest BCUT2D eigenvalue weighted by atomic mass is 10.0. The summed E-state index contributed by atoms with van der Waals surface area (Å²) in [6.45, 7) is 0.245. The van der Waals surface area contributed by atoms with Crippen molar-refractivity contribution in [2.45, 2.75) is 37.0 Å². The number of aryl methyl sites for hydroxylation is 1. The molecule has 1 aromatic heterocycles. The summed E-state index contributed by atoms with van der Waals surface area (Å²) in [4.78, 5) is 13.2. The minimum atomic E-state index is -4.63. The highest BCUT2D eigenvalue weighted by molar-refractivity contribution is 7.91. The van der Waals surface area contributed by atoms with Crippen LogP contribution < -0.4 is 5.32 Å². The quantitative estimate of drug-likeness (QED) is 0.212. The molecule has 0 aliphatic carbocycles. The van der Waals surface area contributed by atoms with Crippen molar-refractivity contribution in [3.05, 3.63) is 99.7 Å². The molecule has 0 bridgehead atoms. The molecule has 1 amide bonds. The Morgan fingerprint density at radius 3 is 2.37 bits per heavy atom. The second kappa shape index (κ2) is 12.2. The predicted octanol–water partition coefficient (Wildman–Crippen LogP) is 6.13. The van der Waals surface area contributed by atoms with Crippen LogP contribution in [0.1, 0.15) is 45.7 Å². The molecule has 1 atom stereocenters. The van der Waals surface area contributed by atoms with E-state index < -0.39 is 46.8 Å². The van der Waals surface area contributed by atoms with Crippen molar-refractivity contribution in [3.8, 4) is 0 Å². The lowest BCUT2D eigenvalue weighted by Gasteiger charge is -2.17. The van der Waals surface area contributed by atoms with E-state index in [1.54, 1.807) is 22.8 Å². The molecular weight excluding hydrogens is 584 g/mol. The molecule has 0 unspecified atom stereocenters. The van der Waals surface area contributed by atoms with Gasteiger partial charge in [-0.15, -0.1) is 0 Å². The monoisotopic (exact) mass is 610 g/mol. The lowest BCUT2D eigenvalue weighted by Crippen LogP contribution is -2.30. The van der Waals surface area contributed by atoms with Crippen LogP contribution in [-0.2, 0) is 29.0 Å². The summed E-state index contributed by atoms with van der Waals surface area (Å²) in [5.74, 6) is -0.597. The Kier molecular flexibility index (Phi) is 9.10. The smallest absolute Gasteiger partial charge is 0.394 e. The average Bonchev–Trinajstić information content (AvgIpc) is 3.28. The molecule has 218 valence electrons. The second-order valence-electron chi connectivity index (χ2n) is 9.41. The van der Waals surface area contributed by atoms with Gasteiger partial charge in [-0.1, -0.05) is 36.7 Å². The first-order chi connectivity index (χ1) is 19.4. The Morgan fingerprint density at radius 2 is 1.76 bits per heavy atom. The fraction of sp³-hybridized carbons (Fsp3) is 0.276. The molecule has 0 saturated heterocycles. The summed E-state index contributed by atoms with van der Waals surface area (Å²) in [7, 11) is -3.41. The summed E-state index contributed by atoms with van der Waals surface area (Å²) < 4.78 is 80.1. The van der Waals surface area contributed by atoms with Gasteiger partial charge in [0.25, 0.3) is 5.91 Å². The zero-order chi connectivity index (χ0) is 29.9. The van der Waals surface area contributed by atoms with Crippen molar-refractivity contribution in [2.24, 2.45) is 0 Å². The third-order valence-corrected chi connectivity index (χ3v) is 8.80. The van der Waals surface area contributed by atoms with Crippen molar-refractivity contribution in [2.75, 3.05) is 19.0 Å². The van der Waals surface area contributed by atoms with Crippen LogP contribution in [0.4, 0.5) is 17.6 Å². The molecule has 6 nitrogen and oxygen atoms in total. The molecule has 4 rings (SSSR count). The van der Waals surface area contributed by atoms with Crippen LogP contribution in [0.5, 0.6) is 0 Å². The van der Waals surface area contributed by atoms with Crippen LogP contribution in [0.3, 0.4) is 0 Å². The van der Waals surface area contributed by atoms with Crippen molar-refractivity contribution in [1.29, 1.82) is 0 Å². The maximum Gasteiger partial charge on any atom is 0.416 e. The highest BCUT2D eigenvalue weighted by Crippen LogP contribution is 2.35. The number of fused-ring (bicyclic) bond motifs is 1. The number of aliphatic hydroxyl groups excluding tert-OH is 1. The van der Waals surface area contributed by atoms with Gasteiger partial charge in [0, 0.05) is 33.6 Å². The average molecular weight is 611 g/mol. The summed E-state index contributed by atoms with van der Waals surface area (Å²) in [5, 5.41) is 13.1. The molecule has 3 aromatic carbocycles. The molecule has 0 aliphatic rings. The third-order valence-electron chi connectivity index (χ3n) is 6.82. The minimum absolute atomic E-state index is 0.0219. The summed E-state index contributed by atoms with van der Waals surface area (Å²) in [6, 6.07) is 14.8. The first-order valence-corrected chi connectivity index (χ1v) is 14.7. The second-order valence-corrected chi connectivity index (χ2v) is 12.1. The number of amides is 1. The number of benzene rings is 3. The summed E-state index contributed by atoms with van der Waals surface area (Å²) >= 11 is 5.80. The van der Waals surface area contributed by atoms with E-state index in [1.165, 1.54) is 49.4 Å². The number of carbonyl (C=O) groups is 1. The first kappa shape index (κ1) is 30.5. The normalized spacial score (nSPS) is 13.0. The van der Waals surface area contributed by atoms with E-state index in [0.29, 0.717) is 22.2 Å². The number of hydrogen-bond donors (Lipinski definition) is 2. The van der Waals surface area contributed by atoms with E-state index in [4.69, 9.17) is 11.6 Å². The highest BCUT2D eigenvalue weighted by atomic mass is 35.5. The molecule has 2 N–H and O–H groups in total. The number of hydrogen-bond acceptors (Lipinski definition) is 4. The Morgan fingerprint density at radius 1 is 1.05 bits per heavy atom. The van der Waals surface area contributed by atoms with Gasteiger partial charge >= 0.3 is 6.18 Å². The van der Waals surface area contributed by atoms with Crippen molar-refractivity contribution in [1.82, 2.24) is 9.88 Å². The number of carbonyl (C=O) groups excluding carboxylic acids is 1. The Bertz CT molecular complexity index is 1670. The molecule has 41 heavy (non-hydrogen) atoms. The topological polar surface area (TPSA) is 88.4 Å². The SMILES string of the molecule is CCS(=O)(=O)c1ccc([C@@H](CO)NC(=O)c2ccc3c(c2)cc(Cc2ccc(Cl)cc2C(F)(F)F)n3CCF)cc1. The maximum atomic E-state index is 13.7. The summed E-state index contributed by atoms with van der Waals surface area (Å²) in [6.07, 6.45) is -4.77. The zero-order valence-electron chi connectivity index (χ0n) is 21.9. The van der Waals surface area contributed by atoms with Crippen LogP contribution in [0, 0.1) is 0 Å². The zero-order valence-corrected chi connectivity index (χ0v) is 23.5. The van der Waals surface area contributed by atoms with E-state index in [9.17, 15) is 35.9 Å². The Labute approximate surface area is 239 Å². The van der Waals surface area contributed by atoms with E-state index in [2.05, 4.69) is 5.32 Å².